The molecule has 1 aromatic carbocycles. The maximum absolute atomic E-state index is 11.2. The molecule has 3 nitrogen and oxygen atoms in total. The smallest absolute Gasteiger partial charge is 0.153 e. The standard InChI is InChI=1S/C14H9ClN2O/c15-14-11(9-18)10-5-1-2-6-12(10)17(14)13-7-3-4-8-16-13/h1-9H. The number of aromatic nitrogens is 2. The van der Waals surface area contributed by atoms with Gasteiger partial charge in [0.05, 0.1) is 11.1 Å². The molecule has 0 fully saturated rings. The van der Waals surface area contributed by atoms with Gasteiger partial charge in [-0.2, -0.15) is 0 Å². The lowest BCUT2D eigenvalue weighted by Gasteiger charge is -2.05. The summed E-state index contributed by atoms with van der Waals surface area (Å²) in [5, 5.41) is 1.23. The van der Waals surface area contributed by atoms with Gasteiger partial charge < -0.3 is 0 Å². The predicted octanol–water partition coefficient (Wildman–Crippen LogP) is 3.49. The molecule has 0 spiro atoms. The van der Waals surface area contributed by atoms with Crippen LogP contribution in [0.5, 0.6) is 0 Å². The third-order valence-electron chi connectivity index (χ3n) is 2.85. The summed E-state index contributed by atoms with van der Waals surface area (Å²) in [6.07, 6.45) is 2.48. The van der Waals surface area contributed by atoms with E-state index >= 15 is 0 Å². The van der Waals surface area contributed by atoms with Gasteiger partial charge in [0.25, 0.3) is 0 Å². The molecular formula is C14H9ClN2O. The number of carbonyl (C=O) groups is 1. The van der Waals surface area contributed by atoms with Crippen LogP contribution in [0.1, 0.15) is 10.4 Å². The molecule has 0 aliphatic carbocycles. The second-order valence-corrected chi connectivity index (χ2v) is 4.22. The van der Waals surface area contributed by atoms with E-state index in [1.54, 1.807) is 10.8 Å². The van der Waals surface area contributed by atoms with Gasteiger partial charge in [-0.25, -0.2) is 4.98 Å². The monoisotopic (exact) mass is 256 g/mol. The Balaban J connectivity index is 2.43. The number of halogens is 1. The van der Waals surface area contributed by atoms with E-state index in [1.165, 1.54) is 0 Å². The van der Waals surface area contributed by atoms with Crippen molar-refractivity contribution in [1.82, 2.24) is 9.55 Å². The minimum Gasteiger partial charge on any atom is -0.298 e. The molecule has 18 heavy (non-hydrogen) atoms. The van der Waals surface area contributed by atoms with Gasteiger partial charge in [0.2, 0.25) is 0 Å². The van der Waals surface area contributed by atoms with Crippen LogP contribution in [-0.4, -0.2) is 15.8 Å². The van der Waals surface area contributed by atoms with Gasteiger partial charge in [-0.1, -0.05) is 35.9 Å². The number of carbonyl (C=O) groups excluding carboxylic acids is 1. The van der Waals surface area contributed by atoms with Crippen LogP contribution < -0.4 is 0 Å². The lowest BCUT2D eigenvalue weighted by molar-refractivity contribution is 0.112. The van der Waals surface area contributed by atoms with Gasteiger partial charge in [-0.3, -0.25) is 9.36 Å². The number of aldehydes is 1. The quantitative estimate of drug-likeness (QED) is 0.658. The van der Waals surface area contributed by atoms with E-state index in [-0.39, 0.29) is 0 Å². The second-order valence-electron chi connectivity index (χ2n) is 3.86. The normalized spacial score (nSPS) is 10.7. The summed E-state index contributed by atoms with van der Waals surface area (Å²) in [4.78, 5) is 15.4. The number of pyridine rings is 1. The lowest BCUT2D eigenvalue weighted by Crippen LogP contribution is -1.96. The summed E-state index contributed by atoms with van der Waals surface area (Å²) >= 11 is 6.28. The fourth-order valence-corrected chi connectivity index (χ4v) is 2.38. The molecule has 0 saturated carbocycles. The van der Waals surface area contributed by atoms with E-state index in [4.69, 9.17) is 11.6 Å². The van der Waals surface area contributed by atoms with Crippen molar-refractivity contribution in [2.75, 3.05) is 0 Å². The SMILES string of the molecule is O=Cc1c(Cl)n(-c2ccccn2)c2ccccc12. The zero-order valence-corrected chi connectivity index (χ0v) is 10.1. The molecule has 0 bridgehead atoms. The Kier molecular flexibility index (Phi) is 2.61. The zero-order valence-electron chi connectivity index (χ0n) is 9.38. The van der Waals surface area contributed by atoms with E-state index < -0.39 is 0 Å². The molecular weight excluding hydrogens is 248 g/mol. The number of rotatable bonds is 2. The van der Waals surface area contributed by atoms with Crippen molar-refractivity contribution in [3.8, 4) is 5.82 Å². The average Bonchev–Trinajstić information content (AvgIpc) is 2.71. The summed E-state index contributed by atoms with van der Waals surface area (Å²) in [5.74, 6) is 0.701. The van der Waals surface area contributed by atoms with Gasteiger partial charge in [0, 0.05) is 11.6 Å². The molecule has 2 aromatic heterocycles. The molecule has 0 unspecified atom stereocenters. The van der Waals surface area contributed by atoms with E-state index in [0.717, 1.165) is 17.2 Å². The van der Waals surface area contributed by atoms with Crippen LogP contribution in [0.25, 0.3) is 16.7 Å². The maximum atomic E-state index is 11.2. The molecule has 0 aliphatic rings. The first-order valence-corrected chi connectivity index (χ1v) is 5.86. The van der Waals surface area contributed by atoms with Crippen LogP contribution in [0.4, 0.5) is 0 Å². The summed E-state index contributed by atoms with van der Waals surface area (Å²) in [5.41, 5.74) is 1.38. The minimum absolute atomic E-state index is 0.393. The Morgan fingerprint density at radius 1 is 1.11 bits per heavy atom. The van der Waals surface area contributed by atoms with Crippen LogP contribution >= 0.6 is 11.6 Å². The summed E-state index contributed by atoms with van der Waals surface area (Å²) < 4.78 is 1.78. The van der Waals surface area contributed by atoms with Crippen molar-refractivity contribution in [2.45, 2.75) is 0 Å². The van der Waals surface area contributed by atoms with Crippen LogP contribution in [-0.2, 0) is 0 Å². The highest BCUT2D eigenvalue weighted by Crippen LogP contribution is 2.30. The number of para-hydroxylation sites is 1. The Morgan fingerprint density at radius 2 is 1.89 bits per heavy atom. The molecule has 0 radical (unpaired) electrons. The first-order chi connectivity index (χ1) is 8.83. The highest BCUT2D eigenvalue weighted by atomic mass is 35.5. The zero-order chi connectivity index (χ0) is 12.5. The number of benzene rings is 1. The third-order valence-corrected chi connectivity index (χ3v) is 3.22. The Hall–Kier alpha value is -2.13. The largest absolute Gasteiger partial charge is 0.298 e. The van der Waals surface area contributed by atoms with Crippen LogP contribution in [0, 0.1) is 0 Å². The van der Waals surface area contributed by atoms with Gasteiger partial charge >= 0.3 is 0 Å². The summed E-state index contributed by atoms with van der Waals surface area (Å²) in [7, 11) is 0. The Labute approximate surface area is 109 Å². The number of hydrogen-bond acceptors (Lipinski definition) is 2. The van der Waals surface area contributed by atoms with Crippen molar-refractivity contribution in [3.05, 3.63) is 59.4 Å². The predicted molar refractivity (Wildman–Crippen MR) is 71.5 cm³/mol. The van der Waals surface area contributed by atoms with Gasteiger partial charge in [-0.15, -0.1) is 0 Å². The maximum Gasteiger partial charge on any atom is 0.153 e. The number of fused-ring (bicyclic) bond motifs is 1. The number of hydrogen-bond donors (Lipinski definition) is 0. The molecule has 3 rings (SSSR count). The second kappa shape index (κ2) is 4.27. The highest BCUT2D eigenvalue weighted by molar-refractivity contribution is 6.34. The Bertz CT molecular complexity index is 719. The summed E-state index contributed by atoms with van der Waals surface area (Å²) in [6, 6.07) is 13.2. The van der Waals surface area contributed by atoms with Crippen molar-refractivity contribution >= 4 is 28.8 Å². The van der Waals surface area contributed by atoms with Gasteiger partial charge in [0.15, 0.2) is 6.29 Å². The van der Waals surface area contributed by atoms with Crippen molar-refractivity contribution < 1.29 is 4.79 Å². The molecule has 88 valence electrons. The summed E-state index contributed by atoms with van der Waals surface area (Å²) in [6.45, 7) is 0. The number of nitrogens with zero attached hydrogens (tertiary/aromatic N) is 2. The van der Waals surface area contributed by atoms with Crippen LogP contribution in [0.2, 0.25) is 5.15 Å². The molecule has 0 saturated heterocycles. The molecule has 3 aromatic rings. The third kappa shape index (κ3) is 1.52. The molecule has 0 atom stereocenters. The highest BCUT2D eigenvalue weighted by Gasteiger charge is 2.16. The average molecular weight is 257 g/mol. The van der Waals surface area contributed by atoms with Crippen LogP contribution in [0.3, 0.4) is 0 Å². The van der Waals surface area contributed by atoms with Gasteiger partial charge in [-0.05, 0) is 18.2 Å². The van der Waals surface area contributed by atoms with Crippen molar-refractivity contribution in [2.24, 2.45) is 0 Å². The lowest BCUT2D eigenvalue weighted by atomic mass is 10.2. The first kappa shape index (κ1) is 11.0. The molecule has 0 aliphatic heterocycles. The fraction of sp³-hybridized carbons (Fsp3) is 0. The van der Waals surface area contributed by atoms with E-state index in [0.29, 0.717) is 16.5 Å². The van der Waals surface area contributed by atoms with Crippen molar-refractivity contribution in [1.29, 1.82) is 0 Å². The molecule has 0 amide bonds. The first-order valence-electron chi connectivity index (χ1n) is 5.48. The Morgan fingerprint density at radius 3 is 2.61 bits per heavy atom. The van der Waals surface area contributed by atoms with Gasteiger partial charge in [0.1, 0.15) is 11.0 Å². The van der Waals surface area contributed by atoms with E-state index in [2.05, 4.69) is 4.98 Å². The molecule has 0 N–H and O–H groups in total. The van der Waals surface area contributed by atoms with E-state index in [1.807, 2.05) is 42.5 Å². The van der Waals surface area contributed by atoms with E-state index in [9.17, 15) is 4.79 Å². The minimum atomic E-state index is 0.393. The molecule has 2 heterocycles. The van der Waals surface area contributed by atoms with Crippen LogP contribution in [0.15, 0.2) is 48.7 Å². The molecule has 4 heteroatoms. The van der Waals surface area contributed by atoms with Crippen molar-refractivity contribution in [3.63, 3.8) is 0 Å². The fourth-order valence-electron chi connectivity index (χ4n) is 2.06. The topological polar surface area (TPSA) is 34.9 Å².